The Bertz CT molecular complexity index is 1130. The highest BCUT2D eigenvalue weighted by atomic mass is 32.2. The number of thioether (sulfide) groups is 1. The van der Waals surface area contributed by atoms with Crippen LogP contribution in [0.15, 0.2) is 59.1 Å². The molecule has 32 heavy (non-hydrogen) atoms. The van der Waals surface area contributed by atoms with Crippen LogP contribution in [0.1, 0.15) is 11.5 Å². The molecule has 0 aliphatic carbocycles. The number of allylic oxidation sites excluding steroid dienone is 1. The Labute approximate surface area is 186 Å². The molecule has 3 rings (SSSR count). The molecular weight excluding hydrogens is 440 g/mol. The minimum atomic E-state index is -1.47. The fraction of sp³-hybridized carbons (Fsp3) is 0.182. The molecule has 2 N–H and O–H groups in total. The molecular formula is C22H17F2N3O4S. The Hall–Kier alpha value is -3.71. The molecule has 2 amide bonds. The second kappa shape index (κ2) is 10.1. The first-order valence-corrected chi connectivity index (χ1v) is 10.3. The second-order valence-electron chi connectivity index (χ2n) is 6.69. The van der Waals surface area contributed by atoms with Crippen molar-refractivity contribution >= 4 is 35.2 Å². The number of nitriles is 1. The van der Waals surface area contributed by atoms with Crippen LogP contribution < -0.4 is 10.6 Å². The third kappa shape index (κ3) is 4.95. The zero-order valence-corrected chi connectivity index (χ0v) is 17.5. The van der Waals surface area contributed by atoms with Crippen molar-refractivity contribution in [2.75, 3.05) is 18.2 Å². The molecule has 7 nitrogen and oxygen atoms in total. The van der Waals surface area contributed by atoms with Crippen molar-refractivity contribution < 1.29 is 27.9 Å². The number of anilines is 1. The predicted molar refractivity (Wildman–Crippen MR) is 113 cm³/mol. The number of nitrogens with one attached hydrogen (secondary N) is 2. The van der Waals surface area contributed by atoms with Gasteiger partial charge in [0.1, 0.15) is 17.6 Å². The minimum Gasteiger partial charge on any atom is -0.468 e. The largest absolute Gasteiger partial charge is 0.468 e. The Morgan fingerprint density at radius 2 is 1.88 bits per heavy atom. The van der Waals surface area contributed by atoms with Crippen molar-refractivity contribution in [2.24, 2.45) is 5.92 Å². The van der Waals surface area contributed by atoms with Crippen LogP contribution in [0.2, 0.25) is 0 Å². The lowest BCUT2D eigenvalue weighted by molar-refractivity contribution is -0.150. The Kier molecular flexibility index (Phi) is 7.22. The zero-order valence-electron chi connectivity index (χ0n) is 16.7. The number of rotatable bonds is 6. The minimum absolute atomic E-state index is 0.0110. The van der Waals surface area contributed by atoms with E-state index in [0.29, 0.717) is 5.69 Å². The summed E-state index contributed by atoms with van der Waals surface area (Å²) in [6, 6.07) is 12.6. The number of methoxy groups -OCH3 is 1. The summed E-state index contributed by atoms with van der Waals surface area (Å²) >= 11 is 0.854. The molecule has 1 aliphatic rings. The van der Waals surface area contributed by atoms with Gasteiger partial charge in [-0.05, 0) is 35.9 Å². The van der Waals surface area contributed by atoms with E-state index in [1.54, 1.807) is 0 Å². The Balaban J connectivity index is 1.89. The van der Waals surface area contributed by atoms with Crippen LogP contribution in [0, 0.1) is 28.9 Å². The van der Waals surface area contributed by atoms with Gasteiger partial charge in [-0.3, -0.25) is 14.4 Å². The molecule has 0 aromatic heterocycles. The number of esters is 1. The smallest absolute Gasteiger partial charge is 0.319 e. The summed E-state index contributed by atoms with van der Waals surface area (Å²) in [7, 11) is 1.09. The molecule has 10 heteroatoms. The van der Waals surface area contributed by atoms with Gasteiger partial charge < -0.3 is 15.4 Å². The molecule has 1 heterocycles. The number of carbonyl (C=O) groups is 3. The predicted octanol–water partition coefficient (Wildman–Crippen LogP) is 3.07. The fourth-order valence-corrected chi connectivity index (χ4v) is 4.10. The summed E-state index contributed by atoms with van der Waals surface area (Å²) in [5.74, 6) is -6.19. The molecule has 2 aromatic rings. The molecule has 0 spiro atoms. The van der Waals surface area contributed by atoms with Gasteiger partial charge in [0.25, 0.3) is 0 Å². The van der Waals surface area contributed by atoms with Gasteiger partial charge in [0.15, 0.2) is 0 Å². The van der Waals surface area contributed by atoms with Crippen molar-refractivity contribution in [3.05, 3.63) is 76.3 Å². The molecule has 0 saturated heterocycles. The number of hydrogen-bond acceptors (Lipinski definition) is 6. The van der Waals surface area contributed by atoms with Crippen LogP contribution in [0.3, 0.4) is 0 Å². The van der Waals surface area contributed by atoms with E-state index < -0.39 is 41.3 Å². The van der Waals surface area contributed by atoms with Crippen molar-refractivity contribution in [1.82, 2.24) is 5.32 Å². The van der Waals surface area contributed by atoms with E-state index >= 15 is 0 Å². The molecule has 2 aromatic carbocycles. The number of amides is 2. The zero-order chi connectivity index (χ0) is 23.3. The van der Waals surface area contributed by atoms with Gasteiger partial charge in [-0.15, -0.1) is 0 Å². The normalized spacial score (nSPS) is 17.9. The molecule has 1 aliphatic heterocycles. The van der Waals surface area contributed by atoms with Gasteiger partial charge in [-0.1, -0.05) is 30.0 Å². The number of benzene rings is 2. The van der Waals surface area contributed by atoms with Gasteiger partial charge >= 0.3 is 5.97 Å². The highest BCUT2D eigenvalue weighted by molar-refractivity contribution is 8.03. The lowest BCUT2D eigenvalue weighted by Crippen LogP contribution is -2.44. The molecule has 0 saturated carbocycles. The van der Waals surface area contributed by atoms with E-state index in [0.717, 1.165) is 24.9 Å². The maximum atomic E-state index is 14.5. The number of hydrogen-bond donors (Lipinski definition) is 2. The monoisotopic (exact) mass is 457 g/mol. The van der Waals surface area contributed by atoms with Crippen LogP contribution in [0.25, 0.3) is 0 Å². The number of nitrogens with zero attached hydrogens (tertiary/aromatic N) is 1. The highest BCUT2D eigenvalue weighted by Gasteiger charge is 2.45. The summed E-state index contributed by atoms with van der Waals surface area (Å²) in [5.41, 5.74) is 0.294. The lowest BCUT2D eigenvalue weighted by Gasteiger charge is -2.31. The number of halogens is 2. The number of carbonyl (C=O) groups excluding carboxylic acids is 3. The van der Waals surface area contributed by atoms with Crippen molar-refractivity contribution in [3.8, 4) is 6.07 Å². The molecule has 0 fully saturated rings. The van der Waals surface area contributed by atoms with Crippen LogP contribution in [-0.2, 0) is 19.1 Å². The second-order valence-corrected chi connectivity index (χ2v) is 7.67. The van der Waals surface area contributed by atoms with E-state index in [1.807, 2.05) is 6.07 Å². The van der Waals surface area contributed by atoms with Crippen LogP contribution in [-0.4, -0.2) is 30.6 Å². The summed E-state index contributed by atoms with van der Waals surface area (Å²) in [6.07, 6.45) is 0. The first kappa shape index (κ1) is 23.0. The molecule has 2 atom stereocenters. The SMILES string of the molecule is COC(=O)[C@H]1C(=O)NC(SCC(=O)Nc2ccc(F)cc2)=C(C#N)[C@@H]1c1ccccc1F. The summed E-state index contributed by atoms with van der Waals surface area (Å²) in [4.78, 5) is 37.3. The molecule has 0 unspecified atom stereocenters. The Morgan fingerprint density at radius 3 is 2.50 bits per heavy atom. The topological polar surface area (TPSA) is 108 Å². The van der Waals surface area contributed by atoms with E-state index in [-0.39, 0.29) is 21.9 Å². The summed E-state index contributed by atoms with van der Waals surface area (Å²) in [5, 5.41) is 14.8. The van der Waals surface area contributed by atoms with Crippen molar-refractivity contribution in [1.29, 1.82) is 5.26 Å². The molecule has 0 bridgehead atoms. The fourth-order valence-electron chi connectivity index (χ4n) is 3.25. The van der Waals surface area contributed by atoms with Gasteiger partial charge in [0.2, 0.25) is 11.8 Å². The quantitative estimate of drug-likeness (QED) is 0.510. The third-order valence-electron chi connectivity index (χ3n) is 4.70. The van der Waals surface area contributed by atoms with Gasteiger partial charge in [0, 0.05) is 11.6 Å². The maximum Gasteiger partial charge on any atom is 0.319 e. The van der Waals surface area contributed by atoms with E-state index in [4.69, 9.17) is 4.74 Å². The molecule has 0 radical (unpaired) electrons. The standard InChI is InChI=1S/C22H17F2N3O4S/c1-31-22(30)19-18(14-4-2-3-5-16(14)24)15(10-25)21(27-20(19)29)32-11-17(28)26-13-8-6-12(23)7-9-13/h2-9,18-19H,11H2,1H3,(H,26,28)(H,27,29)/t18-,19+/m0/s1. The van der Waals surface area contributed by atoms with Crippen LogP contribution >= 0.6 is 11.8 Å². The van der Waals surface area contributed by atoms with E-state index in [1.165, 1.54) is 42.5 Å². The van der Waals surface area contributed by atoms with E-state index in [9.17, 15) is 28.4 Å². The lowest BCUT2D eigenvalue weighted by atomic mass is 9.78. The molecule has 164 valence electrons. The first-order valence-electron chi connectivity index (χ1n) is 9.31. The number of ether oxygens (including phenoxy) is 1. The van der Waals surface area contributed by atoms with Crippen LogP contribution in [0.4, 0.5) is 14.5 Å². The average molecular weight is 457 g/mol. The first-order chi connectivity index (χ1) is 15.3. The summed E-state index contributed by atoms with van der Waals surface area (Å²) in [6.45, 7) is 0. The van der Waals surface area contributed by atoms with Crippen molar-refractivity contribution in [3.63, 3.8) is 0 Å². The summed E-state index contributed by atoms with van der Waals surface area (Å²) < 4.78 is 32.3. The van der Waals surface area contributed by atoms with E-state index in [2.05, 4.69) is 10.6 Å². The van der Waals surface area contributed by atoms with Gasteiger partial charge in [0.05, 0.1) is 29.5 Å². The average Bonchev–Trinajstić information content (AvgIpc) is 2.78. The Morgan fingerprint density at radius 1 is 1.19 bits per heavy atom. The van der Waals surface area contributed by atoms with Gasteiger partial charge in [-0.2, -0.15) is 5.26 Å². The van der Waals surface area contributed by atoms with Crippen molar-refractivity contribution in [2.45, 2.75) is 5.92 Å². The maximum absolute atomic E-state index is 14.5. The van der Waals surface area contributed by atoms with Gasteiger partial charge in [-0.25, -0.2) is 8.78 Å². The highest BCUT2D eigenvalue weighted by Crippen LogP contribution is 2.41. The third-order valence-corrected chi connectivity index (χ3v) is 5.72. The van der Waals surface area contributed by atoms with Crippen LogP contribution in [0.5, 0.6) is 0 Å².